The van der Waals surface area contributed by atoms with Gasteiger partial charge in [0.1, 0.15) is 17.9 Å². The maximum atomic E-state index is 13.7. The zero-order chi connectivity index (χ0) is 31.7. The molecule has 0 aliphatic carbocycles. The van der Waals surface area contributed by atoms with Crippen LogP contribution in [0.25, 0.3) is 0 Å². The van der Waals surface area contributed by atoms with Crippen molar-refractivity contribution in [1.29, 1.82) is 5.26 Å². The number of benzene rings is 2. The predicted molar refractivity (Wildman–Crippen MR) is 161 cm³/mol. The lowest BCUT2D eigenvalue weighted by Gasteiger charge is -2.39. The van der Waals surface area contributed by atoms with Crippen molar-refractivity contribution in [3.05, 3.63) is 53.1 Å². The summed E-state index contributed by atoms with van der Waals surface area (Å²) in [6.45, 7) is 11.1. The lowest BCUT2D eigenvalue weighted by molar-refractivity contribution is -0.137. The lowest BCUT2D eigenvalue weighted by Crippen LogP contribution is -2.54. The van der Waals surface area contributed by atoms with E-state index in [2.05, 4.69) is 16.7 Å². The summed E-state index contributed by atoms with van der Waals surface area (Å²) in [6.07, 6.45) is -4.14. The van der Waals surface area contributed by atoms with Gasteiger partial charge < -0.3 is 15.4 Å². The van der Waals surface area contributed by atoms with E-state index in [1.807, 2.05) is 19.1 Å². The van der Waals surface area contributed by atoms with Gasteiger partial charge in [0, 0.05) is 37.9 Å². The fourth-order valence-electron chi connectivity index (χ4n) is 5.58. The number of nitrogens with two attached hydrogens (primary N) is 1. The molecule has 0 saturated carbocycles. The van der Waals surface area contributed by atoms with Crippen molar-refractivity contribution in [3.63, 3.8) is 0 Å². The van der Waals surface area contributed by atoms with Crippen molar-refractivity contribution in [2.75, 3.05) is 49.1 Å². The van der Waals surface area contributed by atoms with Gasteiger partial charge in [0.15, 0.2) is 5.11 Å². The smallest absolute Gasteiger partial charge is 0.417 e. The number of piperazine rings is 1. The van der Waals surface area contributed by atoms with Crippen LogP contribution in [0, 0.1) is 11.3 Å². The highest BCUT2D eigenvalue weighted by Gasteiger charge is 2.50. The highest BCUT2D eigenvalue weighted by Crippen LogP contribution is 2.40. The van der Waals surface area contributed by atoms with Gasteiger partial charge in [0.25, 0.3) is 5.91 Å². The molecule has 2 aliphatic rings. The number of anilines is 2. The van der Waals surface area contributed by atoms with Gasteiger partial charge in [-0.1, -0.05) is 6.92 Å². The second-order valence-corrected chi connectivity index (χ2v) is 11.6. The summed E-state index contributed by atoms with van der Waals surface area (Å²) < 4.78 is 47.1. The third-order valence-corrected chi connectivity index (χ3v) is 8.28. The van der Waals surface area contributed by atoms with Gasteiger partial charge in [-0.25, -0.2) is 0 Å². The maximum Gasteiger partial charge on any atom is 0.417 e. The number of carbonyl (C=O) groups excluding carboxylic acids is 2. The Morgan fingerprint density at radius 2 is 1.88 bits per heavy atom. The van der Waals surface area contributed by atoms with Crippen LogP contribution >= 0.6 is 12.2 Å². The number of amides is 2. The number of nitriles is 1. The standard InChI is InChI=1S/C30H35F3N6O3S/c1-5-20-14-23(8-9-25(20)42-13-12-36-10-11-37(18-26(35)40)19(2)17-36)39-28(43)38(27(41)29(39,3)4)22-7-6-21(16-34)24(15-22)30(31,32)33/h6-9,14-15,19H,5,10-13,17-18H2,1-4H3,(H2,35,40)/t19-/m1/s1. The number of rotatable bonds is 9. The quantitative estimate of drug-likeness (QED) is 0.423. The number of aryl methyl sites for hydroxylation is 1. The highest BCUT2D eigenvalue weighted by molar-refractivity contribution is 7.81. The predicted octanol–water partition coefficient (Wildman–Crippen LogP) is 3.93. The number of hydrogen-bond donors (Lipinski definition) is 1. The van der Waals surface area contributed by atoms with Gasteiger partial charge in [-0.05, 0) is 81.4 Å². The molecule has 1 atom stereocenters. The van der Waals surface area contributed by atoms with Gasteiger partial charge in [0.05, 0.1) is 29.4 Å². The minimum absolute atomic E-state index is 0.0353. The van der Waals surface area contributed by atoms with Crippen LogP contribution in [-0.2, 0) is 22.2 Å². The van der Waals surface area contributed by atoms with Gasteiger partial charge in [0.2, 0.25) is 5.91 Å². The Hall–Kier alpha value is -3.73. The van der Waals surface area contributed by atoms with Crippen molar-refractivity contribution in [1.82, 2.24) is 9.80 Å². The van der Waals surface area contributed by atoms with Crippen LogP contribution in [0.15, 0.2) is 36.4 Å². The van der Waals surface area contributed by atoms with E-state index < -0.39 is 28.7 Å². The fourth-order valence-corrected chi connectivity index (χ4v) is 6.10. The average Bonchev–Trinajstić information content (AvgIpc) is 3.12. The number of ether oxygens (including phenoxy) is 1. The SMILES string of the molecule is CCc1cc(N2C(=S)N(c3ccc(C#N)c(C(F)(F)F)c3)C(=O)C2(C)C)ccc1OCCN1CCN(CC(N)=O)[C@H](C)C1. The second-order valence-electron chi connectivity index (χ2n) is 11.2. The van der Waals surface area contributed by atoms with E-state index in [9.17, 15) is 22.8 Å². The Balaban J connectivity index is 1.50. The number of alkyl halides is 3. The van der Waals surface area contributed by atoms with Gasteiger partial charge in [-0.2, -0.15) is 18.4 Å². The molecular weight excluding hydrogens is 581 g/mol. The number of primary amides is 1. The van der Waals surface area contributed by atoms with E-state index in [1.54, 1.807) is 30.9 Å². The number of halogens is 3. The zero-order valence-electron chi connectivity index (χ0n) is 24.6. The number of nitrogens with zero attached hydrogens (tertiary/aromatic N) is 5. The average molecular weight is 617 g/mol. The van der Waals surface area contributed by atoms with Crippen LogP contribution in [0.5, 0.6) is 5.75 Å². The first-order valence-electron chi connectivity index (χ1n) is 14.0. The Labute approximate surface area is 254 Å². The third-order valence-electron chi connectivity index (χ3n) is 7.91. The van der Waals surface area contributed by atoms with Crippen LogP contribution in [0.2, 0.25) is 0 Å². The van der Waals surface area contributed by atoms with E-state index in [-0.39, 0.29) is 29.3 Å². The summed E-state index contributed by atoms with van der Waals surface area (Å²) in [5.74, 6) is -0.127. The van der Waals surface area contributed by atoms with Crippen molar-refractivity contribution in [2.45, 2.75) is 51.9 Å². The molecule has 0 aromatic heterocycles. The van der Waals surface area contributed by atoms with E-state index in [4.69, 9.17) is 28.0 Å². The molecule has 9 nitrogen and oxygen atoms in total. The van der Waals surface area contributed by atoms with Crippen LogP contribution in [0.4, 0.5) is 24.5 Å². The first-order valence-corrected chi connectivity index (χ1v) is 14.4. The fraction of sp³-hybridized carbons (Fsp3) is 0.467. The Morgan fingerprint density at radius 3 is 2.49 bits per heavy atom. The summed E-state index contributed by atoms with van der Waals surface area (Å²) >= 11 is 5.66. The first-order chi connectivity index (χ1) is 20.2. The molecule has 2 aromatic rings. The largest absolute Gasteiger partial charge is 0.492 e. The van der Waals surface area contributed by atoms with Gasteiger partial charge >= 0.3 is 6.18 Å². The molecule has 230 valence electrons. The van der Waals surface area contributed by atoms with Gasteiger partial charge in [-0.3, -0.25) is 24.3 Å². The van der Waals surface area contributed by atoms with E-state index >= 15 is 0 Å². The third kappa shape index (κ3) is 6.61. The lowest BCUT2D eigenvalue weighted by atomic mass is 10.0. The Kier molecular flexibility index (Phi) is 9.34. The first kappa shape index (κ1) is 32.2. The number of thiocarbonyl (C=S) groups is 1. The molecule has 2 aromatic carbocycles. The molecule has 2 fully saturated rings. The summed E-state index contributed by atoms with van der Waals surface area (Å²) in [6, 6.07) is 10.4. The molecule has 0 spiro atoms. The van der Waals surface area contributed by atoms with E-state index in [0.717, 1.165) is 42.2 Å². The molecule has 43 heavy (non-hydrogen) atoms. The van der Waals surface area contributed by atoms with Crippen LogP contribution in [0.1, 0.15) is 44.4 Å². The normalized spacial score (nSPS) is 19.5. The molecule has 2 saturated heterocycles. The molecule has 0 radical (unpaired) electrons. The second kappa shape index (κ2) is 12.5. The number of hydrogen-bond acceptors (Lipinski definition) is 7. The van der Waals surface area contributed by atoms with Crippen molar-refractivity contribution < 1.29 is 27.5 Å². The van der Waals surface area contributed by atoms with Crippen molar-refractivity contribution in [2.24, 2.45) is 5.73 Å². The summed E-state index contributed by atoms with van der Waals surface area (Å²) in [4.78, 5) is 31.9. The maximum absolute atomic E-state index is 13.7. The molecule has 0 unspecified atom stereocenters. The van der Waals surface area contributed by atoms with Crippen molar-refractivity contribution in [3.8, 4) is 11.8 Å². The summed E-state index contributed by atoms with van der Waals surface area (Å²) in [7, 11) is 0. The van der Waals surface area contributed by atoms with Crippen molar-refractivity contribution >= 4 is 40.5 Å². The van der Waals surface area contributed by atoms with Crippen LogP contribution in [0.3, 0.4) is 0 Å². The zero-order valence-corrected chi connectivity index (χ0v) is 25.4. The minimum atomic E-state index is -4.77. The molecule has 0 bridgehead atoms. The molecule has 2 amide bonds. The molecule has 13 heteroatoms. The molecular formula is C30H35F3N6O3S. The summed E-state index contributed by atoms with van der Waals surface area (Å²) in [5, 5.41) is 9.20. The monoisotopic (exact) mass is 616 g/mol. The topological polar surface area (TPSA) is 106 Å². The number of carbonyl (C=O) groups is 2. The Bertz CT molecular complexity index is 1460. The molecule has 2 N–H and O–H groups in total. The van der Waals surface area contributed by atoms with E-state index in [1.165, 1.54) is 6.07 Å². The highest BCUT2D eigenvalue weighted by atomic mass is 32.1. The van der Waals surface area contributed by atoms with Crippen LogP contribution in [-0.4, -0.2) is 77.6 Å². The Morgan fingerprint density at radius 1 is 1.19 bits per heavy atom. The minimum Gasteiger partial charge on any atom is -0.492 e. The van der Waals surface area contributed by atoms with Gasteiger partial charge in [-0.15, -0.1) is 0 Å². The molecule has 2 aliphatic heterocycles. The van der Waals surface area contributed by atoms with Crippen LogP contribution < -0.4 is 20.3 Å². The summed E-state index contributed by atoms with van der Waals surface area (Å²) in [5.41, 5.74) is 3.93. The molecule has 2 heterocycles. The van der Waals surface area contributed by atoms with E-state index in [0.29, 0.717) is 31.0 Å². The molecule has 4 rings (SSSR count).